The van der Waals surface area contributed by atoms with Crippen LogP contribution < -0.4 is 11.1 Å². The fourth-order valence-corrected chi connectivity index (χ4v) is 1.38. The summed E-state index contributed by atoms with van der Waals surface area (Å²) in [5.74, 6) is 0.316. The first-order valence-corrected chi connectivity index (χ1v) is 5.71. The second-order valence-electron chi connectivity index (χ2n) is 4.59. The average molecular weight is 236 g/mol. The Morgan fingerprint density at radius 2 is 2.06 bits per heavy atom. The molecule has 1 aromatic rings. The molecule has 17 heavy (non-hydrogen) atoms. The highest BCUT2D eigenvalue weighted by atomic mass is 16.5. The first-order chi connectivity index (χ1) is 7.91. The van der Waals surface area contributed by atoms with Crippen molar-refractivity contribution in [1.29, 1.82) is 0 Å². The van der Waals surface area contributed by atoms with Crippen LogP contribution in [0.5, 0.6) is 0 Å². The van der Waals surface area contributed by atoms with E-state index in [9.17, 15) is 4.79 Å². The van der Waals surface area contributed by atoms with Gasteiger partial charge in [0.2, 0.25) is 0 Å². The number of amides is 1. The molecule has 0 unspecified atom stereocenters. The molecule has 0 radical (unpaired) electrons. The van der Waals surface area contributed by atoms with Gasteiger partial charge in [-0.2, -0.15) is 0 Å². The SMILES string of the molecule is Cc1ccc(N)c(NC(=O)OCC(C)C)c1C. The summed E-state index contributed by atoms with van der Waals surface area (Å²) < 4.78 is 5.05. The Morgan fingerprint density at radius 1 is 1.41 bits per heavy atom. The van der Waals surface area contributed by atoms with Crippen molar-refractivity contribution < 1.29 is 9.53 Å². The van der Waals surface area contributed by atoms with Gasteiger partial charge < -0.3 is 10.5 Å². The van der Waals surface area contributed by atoms with E-state index in [1.807, 2.05) is 33.8 Å². The van der Waals surface area contributed by atoms with Gasteiger partial charge in [0.15, 0.2) is 0 Å². The van der Waals surface area contributed by atoms with Crippen LogP contribution in [0.25, 0.3) is 0 Å². The second-order valence-corrected chi connectivity index (χ2v) is 4.59. The Labute approximate surface area is 102 Å². The zero-order valence-electron chi connectivity index (χ0n) is 10.8. The molecule has 94 valence electrons. The van der Waals surface area contributed by atoms with Crippen LogP contribution in [0.3, 0.4) is 0 Å². The largest absolute Gasteiger partial charge is 0.449 e. The third-order valence-electron chi connectivity index (χ3n) is 2.54. The van der Waals surface area contributed by atoms with Crippen molar-refractivity contribution in [2.24, 2.45) is 5.92 Å². The van der Waals surface area contributed by atoms with Crippen LogP contribution >= 0.6 is 0 Å². The van der Waals surface area contributed by atoms with Gasteiger partial charge in [0.25, 0.3) is 0 Å². The van der Waals surface area contributed by atoms with Gasteiger partial charge in [0.1, 0.15) is 0 Å². The van der Waals surface area contributed by atoms with Gasteiger partial charge in [-0.05, 0) is 37.0 Å². The molecule has 0 saturated carbocycles. The zero-order valence-corrected chi connectivity index (χ0v) is 10.8. The van der Waals surface area contributed by atoms with Gasteiger partial charge in [0, 0.05) is 0 Å². The number of hydrogen-bond acceptors (Lipinski definition) is 3. The van der Waals surface area contributed by atoms with E-state index in [0.29, 0.717) is 23.9 Å². The summed E-state index contributed by atoms with van der Waals surface area (Å²) in [5, 5.41) is 2.69. The Hall–Kier alpha value is -1.71. The van der Waals surface area contributed by atoms with Crippen LogP contribution in [0, 0.1) is 19.8 Å². The molecule has 1 amide bonds. The predicted octanol–water partition coefficient (Wildman–Crippen LogP) is 3.09. The fraction of sp³-hybridized carbons (Fsp3) is 0.462. The first-order valence-electron chi connectivity index (χ1n) is 5.71. The first kappa shape index (κ1) is 13.4. The van der Waals surface area contributed by atoms with E-state index in [1.54, 1.807) is 6.07 Å². The smallest absolute Gasteiger partial charge is 0.411 e. The third kappa shape index (κ3) is 3.66. The quantitative estimate of drug-likeness (QED) is 0.793. The maximum Gasteiger partial charge on any atom is 0.411 e. The van der Waals surface area contributed by atoms with Crippen molar-refractivity contribution in [1.82, 2.24) is 0 Å². The lowest BCUT2D eigenvalue weighted by molar-refractivity contribution is 0.147. The number of nitrogens with two attached hydrogens (primary N) is 1. The van der Waals surface area contributed by atoms with Crippen LogP contribution in [0.15, 0.2) is 12.1 Å². The van der Waals surface area contributed by atoms with Crippen molar-refractivity contribution in [2.45, 2.75) is 27.7 Å². The maximum atomic E-state index is 11.5. The monoisotopic (exact) mass is 236 g/mol. The van der Waals surface area contributed by atoms with Gasteiger partial charge >= 0.3 is 6.09 Å². The number of nitrogen functional groups attached to an aromatic ring is 1. The summed E-state index contributed by atoms with van der Waals surface area (Å²) in [6.07, 6.45) is -0.459. The molecular weight excluding hydrogens is 216 g/mol. The molecule has 0 atom stereocenters. The Balaban J connectivity index is 2.74. The molecule has 0 saturated heterocycles. The van der Waals surface area contributed by atoms with Crippen molar-refractivity contribution in [3.8, 4) is 0 Å². The van der Waals surface area contributed by atoms with Gasteiger partial charge in [-0.3, -0.25) is 5.32 Å². The van der Waals surface area contributed by atoms with Crippen LogP contribution in [0.2, 0.25) is 0 Å². The standard InChI is InChI=1S/C13H20N2O2/c1-8(2)7-17-13(16)15-12-10(4)9(3)5-6-11(12)14/h5-6,8H,7,14H2,1-4H3,(H,15,16). The molecule has 0 aliphatic heterocycles. The van der Waals surface area contributed by atoms with E-state index in [4.69, 9.17) is 10.5 Å². The number of benzene rings is 1. The van der Waals surface area contributed by atoms with Crippen molar-refractivity contribution >= 4 is 17.5 Å². The summed E-state index contributed by atoms with van der Waals surface area (Å²) in [7, 11) is 0. The van der Waals surface area contributed by atoms with Gasteiger partial charge in [-0.1, -0.05) is 19.9 Å². The number of rotatable bonds is 3. The second kappa shape index (κ2) is 5.57. The van der Waals surface area contributed by atoms with Crippen molar-refractivity contribution in [3.05, 3.63) is 23.3 Å². The molecule has 0 aliphatic rings. The fourth-order valence-electron chi connectivity index (χ4n) is 1.38. The Bertz CT molecular complexity index is 414. The van der Waals surface area contributed by atoms with Crippen molar-refractivity contribution in [3.63, 3.8) is 0 Å². The van der Waals surface area contributed by atoms with Crippen LogP contribution in [-0.4, -0.2) is 12.7 Å². The lowest BCUT2D eigenvalue weighted by Crippen LogP contribution is -2.18. The summed E-state index contributed by atoms with van der Waals surface area (Å²) in [5.41, 5.74) is 9.06. The Morgan fingerprint density at radius 3 is 2.65 bits per heavy atom. The lowest BCUT2D eigenvalue weighted by Gasteiger charge is -2.14. The Kier molecular flexibility index (Phi) is 4.37. The molecule has 0 aromatic heterocycles. The normalized spacial score (nSPS) is 10.4. The summed E-state index contributed by atoms with van der Waals surface area (Å²) in [6, 6.07) is 3.70. The van der Waals surface area contributed by atoms with E-state index in [2.05, 4.69) is 5.32 Å². The number of nitrogens with one attached hydrogen (secondary N) is 1. The molecule has 0 heterocycles. The highest BCUT2D eigenvalue weighted by Gasteiger charge is 2.10. The van der Waals surface area contributed by atoms with E-state index in [0.717, 1.165) is 11.1 Å². The molecule has 0 bridgehead atoms. The number of anilines is 2. The van der Waals surface area contributed by atoms with Crippen molar-refractivity contribution in [2.75, 3.05) is 17.7 Å². The highest BCUT2D eigenvalue weighted by molar-refractivity contribution is 5.90. The third-order valence-corrected chi connectivity index (χ3v) is 2.54. The molecule has 4 nitrogen and oxygen atoms in total. The van der Waals surface area contributed by atoms with E-state index in [-0.39, 0.29) is 0 Å². The molecule has 0 fully saturated rings. The molecular formula is C13H20N2O2. The number of carbonyl (C=O) groups excluding carboxylic acids is 1. The summed E-state index contributed by atoms with van der Waals surface area (Å²) >= 11 is 0. The number of hydrogen-bond donors (Lipinski definition) is 2. The number of ether oxygens (including phenoxy) is 1. The average Bonchev–Trinajstić information content (AvgIpc) is 2.27. The summed E-state index contributed by atoms with van der Waals surface area (Å²) in [4.78, 5) is 11.5. The topological polar surface area (TPSA) is 64.3 Å². The number of aryl methyl sites for hydroxylation is 1. The number of carbonyl (C=O) groups is 1. The van der Waals surface area contributed by atoms with Gasteiger partial charge in [-0.15, -0.1) is 0 Å². The molecule has 1 rings (SSSR count). The molecule has 0 spiro atoms. The molecule has 1 aromatic carbocycles. The van der Waals surface area contributed by atoms with E-state index >= 15 is 0 Å². The summed E-state index contributed by atoms with van der Waals surface area (Å²) in [6.45, 7) is 8.26. The van der Waals surface area contributed by atoms with Gasteiger partial charge in [0.05, 0.1) is 18.0 Å². The lowest BCUT2D eigenvalue weighted by atomic mass is 10.1. The van der Waals surface area contributed by atoms with Crippen LogP contribution in [-0.2, 0) is 4.74 Å². The molecule has 4 heteroatoms. The molecule has 3 N–H and O–H groups in total. The van der Waals surface area contributed by atoms with Gasteiger partial charge in [-0.25, -0.2) is 4.79 Å². The van der Waals surface area contributed by atoms with Crippen LogP contribution in [0.1, 0.15) is 25.0 Å². The highest BCUT2D eigenvalue weighted by Crippen LogP contribution is 2.25. The molecule has 0 aliphatic carbocycles. The zero-order chi connectivity index (χ0) is 13.0. The van der Waals surface area contributed by atoms with E-state index in [1.165, 1.54) is 0 Å². The van der Waals surface area contributed by atoms with Crippen LogP contribution in [0.4, 0.5) is 16.2 Å². The minimum Gasteiger partial charge on any atom is -0.449 e. The van der Waals surface area contributed by atoms with E-state index < -0.39 is 6.09 Å². The predicted molar refractivity (Wildman–Crippen MR) is 70.1 cm³/mol. The minimum atomic E-state index is -0.459. The maximum absolute atomic E-state index is 11.5. The minimum absolute atomic E-state index is 0.316.